The molecule has 1 heterocycles. The van der Waals surface area contributed by atoms with Gasteiger partial charge in [-0.25, -0.2) is 14.5 Å². The van der Waals surface area contributed by atoms with Gasteiger partial charge in [0.25, 0.3) is 5.82 Å². The van der Waals surface area contributed by atoms with Gasteiger partial charge in [0.05, 0.1) is 5.69 Å². The Kier molecular flexibility index (Phi) is 6.72. The zero-order valence-corrected chi connectivity index (χ0v) is 20.2. The Bertz CT molecular complexity index is 1350. The van der Waals surface area contributed by atoms with E-state index in [9.17, 15) is 9.59 Å². The average Bonchev–Trinajstić information content (AvgIpc) is 3.23. The Labute approximate surface area is 204 Å². The summed E-state index contributed by atoms with van der Waals surface area (Å²) in [7, 11) is 0. The molecule has 0 aliphatic heterocycles. The van der Waals surface area contributed by atoms with Crippen molar-refractivity contribution in [1.82, 2.24) is 14.8 Å². The third-order valence-corrected chi connectivity index (χ3v) is 5.72. The molecule has 0 fully saturated rings. The first-order chi connectivity index (χ1) is 15.8. The lowest BCUT2D eigenvalue weighted by Crippen LogP contribution is -2.15. The van der Waals surface area contributed by atoms with Crippen molar-refractivity contribution < 1.29 is 14.3 Å². The Morgan fingerprint density at radius 2 is 1.79 bits per heavy atom. The van der Waals surface area contributed by atoms with Gasteiger partial charge >= 0.3 is 5.97 Å². The number of carbonyl (C=O) groups is 2. The molecule has 0 aliphatic carbocycles. The van der Waals surface area contributed by atoms with Crippen LogP contribution >= 0.6 is 27.5 Å². The van der Waals surface area contributed by atoms with E-state index in [1.165, 1.54) is 0 Å². The topological polar surface area (TPSA) is 74.1 Å². The van der Waals surface area contributed by atoms with Crippen molar-refractivity contribution in [3.8, 4) is 17.1 Å². The minimum atomic E-state index is -0.785. The van der Waals surface area contributed by atoms with Crippen LogP contribution in [0.3, 0.4) is 0 Å². The predicted octanol–water partition coefficient (Wildman–Crippen LogP) is 6.01. The van der Waals surface area contributed by atoms with Gasteiger partial charge in [0.2, 0.25) is 0 Å². The lowest BCUT2D eigenvalue weighted by Gasteiger charge is -2.10. The van der Waals surface area contributed by atoms with E-state index in [0.717, 1.165) is 21.3 Å². The molecule has 33 heavy (non-hydrogen) atoms. The maximum absolute atomic E-state index is 12.7. The second-order valence-corrected chi connectivity index (χ2v) is 8.83. The van der Waals surface area contributed by atoms with E-state index in [1.54, 1.807) is 47.1 Å². The normalized spacial score (nSPS) is 10.8. The van der Waals surface area contributed by atoms with Gasteiger partial charge in [-0.05, 0) is 49.7 Å². The van der Waals surface area contributed by atoms with Crippen LogP contribution in [0.15, 0.2) is 71.2 Å². The van der Waals surface area contributed by atoms with Crippen LogP contribution in [-0.4, -0.2) is 33.1 Å². The maximum Gasteiger partial charge on any atom is 0.378 e. The molecule has 0 atom stereocenters. The highest BCUT2D eigenvalue weighted by Gasteiger charge is 2.22. The number of hydrogen-bond donors (Lipinski definition) is 0. The molecule has 0 amide bonds. The summed E-state index contributed by atoms with van der Waals surface area (Å²) in [5.74, 6) is -0.809. The monoisotopic (exact) mass is 523 g/mol. The zero-order valence-electron chi connectivity index (χ0n) is 17.9. The molecule has 0 N–H and O–H groups in total. The van der Waals surface area contributed by atoms with E-state index in [2.05, 4.69) is 26.0 Å². The molecule has 0 bridgehead atoms. The molecule has 0 radical (unpaired) electrons. The molecular formula is C25H19BrClN3O3. The summed E-state index contributed by atoms with van der Waals surface area (Å²) in [6.07, 6.45) is 0. The van der Waals surface area contributed by atoms with Crippen molar-refractivity contribution in [2.75, 3.05) is 6.61 Å². The van der Waals surface area contributed by atoms with Crippen LogP contribution in [0.5, 0.6) is 0 Å². The Morgan fingerprint density at radius 1 is 1.03 bits per heavy atom. The van der Waals surface area contributed by atoms with E-state index in [-0.39, 0.29) is 11.6 Å². The molecular weight excluding hydrogens is 506 g/mol. The first kappa shape index (κ1) is 22.9. The number of ether oxygens (including phenoxy) is 1. The van der Waals surface area contributed by atoms with Crippen LogP contribution in [0, 0.1) is 13.8 Å². The van der Waals surface area contributed by atoms with Crippen molar-refractivity contribution in [1.29, 1.82) is 0 Å². The standard InChI is InChI=1S/C25H19BrClN3O3/c1-15-6-11-21(16(2)12-15)30-24(18-4-3-5-20(27)13-18)28-23(29-30)25(32)33-14-22(31)17-7-9-19(26)10-8-17/h3-13H,14H2,1-2H3. The van der Waals surface area contributed by atoms with Crippen molar-refractivity contribution in [3.63, 3.8) is 0 Å². The zero-order chi connectivity index (χ0) is 23.5. The maximum atomic E-state index is 12.7. The summed E-state index contributed by atoms with van der Waals surface area (Å²) < 4.78 is 7.67. The molecule has 0 saturated heterocycles. The quantitative estimate of drug-likeness (QED) is 0.228. The molecule has 0 saturated carbocycles. The first-order valence-electron chi connectivity index (χ1n) is 10.1. The largest absolute Gasteiger partial charge is 0.451 e. The molecule has 4 aromatic rings. The number of carbonyl (C=O) groups excluding carboxylic acids is 2. The van der Waals surface area contributed by atoms with E-state index < -0.39 is 12.6 Å². The summed E-state index contributed by atoms with van der Waals surface area (Å²) in [5.41, 5.74) is 3.98. The fraction of sp³-hybridized carbons (Fsp3) is 0.120. The molecule has 6 nitrogen and oxygen atoms in total. The summed E-state index contributed by atoms with van der Waals surface area (Å²) >= 11 is 9.50. The van der Waals surface area contributed by atoms with Crippen molar-refractivity contribution in [2.45, 2.75) is 13.8 Å². The van der Waals surface area contributed by atoms with Gasteiger partial charge < -0.3 is 4.74 Å². The van der Waals surface area contributed by atoms with Crippen LogP contribution < -0.4 is 0 Å². The van der Waals surface area contributed by atoms with Crippen molar-refractivity contribution >= 4 is 39.3 Å². The van der Waals surface area contributed by atoms with Gasteiger partial charge in [0, 0.05) is 20.6 Å². The van der Waals surface area contributed by atoms with Gasteiger partial charge in [-0.2, -0.15) is 0 Å². The van der Waals surface area contributed by atoms with Crippen LogP contribution in [0.1, 0.15) is 32.1 Å². The van der Waals surface area contributed by atoms with E-state index in [0.29, 0.717) is 22.0 Å². The molecule has 0 unspecified atom stereocenters. The van der Waals surface area contributed by atoms with Crippen LogP contribution in [0.25, 0.3) is 17.1 Å². The number of halogens is 2. The average molecular weight is 525 g/mol. The number of esters is 1. The fourth-order valence-corrected chi connectivity index (χ4v) is 3.79. The number of aryl methyl sites for hydroxylation is 2. The predicted molar refractivity (Wildman–Crippen MR) is 130 cm³/mol. The van der Waals surface area contributed by atoms with Crippen molar-refractivity contribution in [2.24, 2.45) is 0 Å². The number of ketones is 1. The van der Waals surface area contributed by atoms with E-state index >= 15 is 0 Å². The Morgan fingerprint density at radius 3 is 2.48 bits per heavy atom. The smallest absolute Gasteiger partial charge is 0.378 e. The summed E-state index contributed by atoms with van der Waals surface area (Å²) in [6, 6.07) is 19.8. The van der Waals surface area contributed by atoms with Gasteiger partial charge in [-0.1, -0.05) is 69.5 Å². The summed E-state index contributed by atoms with van der Waals surface area (Å²) in [6.45, 7) is 3.55. The van der Waals surface area contributed by atoms with Gasteiger partial charge in [0.1, 0.15) is 0 Å². The Balaban J connectivity index is 1.65. The number of Topliss-reactive ketones (excluding diaryl/α,β-unsaturated/α-hetero) is 1. The number of hydrogen-bond acceptors (Lipinski definition) is 5. The molecule has 166 valence electrons. The minimum Gasteiger partial charge on any atom is -0.451 e. The van der Waals surface area contributed by atoms with Gasteiger partial charge in [-0.15, -0.1) is 5.10 Å². The highest BCUT2D eigenvalue weighted by atomic mass is 79.9. The molecule has 3 aromatic carbocycles. The third kappa shape index (κ3) is 5.21. The fourth-order valence-electron chi connectivity index (χ4n) is 3.34. The van der Waals surface area contributed by atoms with Crippen LogP contribution in [-0.2, 0) is 4.74 Å². The molecule has 4 rings (SSSR count). The van der Waals surface area contributed by atoms with Gasteiger partial charge in [-0.3, -0.25) is 4.79 Å². The second-order valence-electron chi connectivity index (χ2n) is 7.48. The van der Waals surface area contributed by atoms with E-state index in [4.69, 9.17) is 16.3 Å². The van der Waals surface area contributed by atoms with Crippen LogP contribution in [0.4, 0.5) is 0 Å². The first-order valence-corrected chi connectivity index (χ1v) is 11.3. The third-order valence-electron chi connectivity index (χ3n) is 4.95. The van der Waals surface area contributed by atoms with Crippen LogP contribution in [0.2, 0.25) is 5.02 Å². The number of nitrogens with zero attached hydrogens (tertiary/aromatic N) is 3. The highest BCUT2D eigenvalue weighted by Crippen LogP contribution is 2.26. The lowest BCUT2D eigenvalue weighted by molar-refractivity contribution is 0.0462. The van der Waals surface area contributed by atoms with E-state index in [1.807, 2.05) is 38.1 Å². The molecule has 8 heteroatoms. The summed E-state index contributed by atoms with van der Waals surface area (Å²) in [5, 5.41) is 4.94. The molecule has 1 aromatic heterocycles. The minimum absolute atomic E-state index is 0.145. The highest BCUT2D eigenvalue weighted by molar-refractivity contribution is 9.10. The Hall–Kier alpha value is -3.29. The number of rotatable bonds is 6. The van der Waals surface area contributed by atoms with Gasteiger partial charge in [0.15, 0.2) is 18.2 Å². The summed E-state index contributed by atoms with van der Waals surface area (Å²) in [4.78, 5) is 29.5. The molecule has 0 spiro atoms. The number of benzene rings is 3. The second kappa shape index (κ2) is 9.68. The molecule has 0 aliphatic rings. The SMILES string of the molecule is Cc1ccc(-n2nc(C(=O)OCC(=O)c3ccc(Br)cc3)nc2-c2cccc(Cl)c2)c(C)c1. The number of aromatic nitrogens is 3. The van der Waals surface area contributed by atoms with Crippen molar-refractivity contribution in [3.05, 3.63) is 98.7 Å². The lowest BCUT2D eigenvalue weighted by atomic mass is 10.1.